The second kappa shape index (κ2) is 10.0. The summed E-state index contributed by atoms with van der Waals surface area (Å²) in [6, 6.07) is 11.9. The van der Waals surface area contributed by atoms with Gasteiger partial charge in [0.15, 0.2) is 11.5 Å². The maximum absolute atomic E-state index is 14.4. The number of ether oxygens (including phenoxy) is 2. The normalized spacial score (nSPS) is 24.2. The molecule has 2 atom stereocenters. The number of hydrogen-bond donors (Lipinski definition) is 0. The molecule has 37 heavy (non-hydrogen) atoms. The largest absolute Gasteiger partial charge is 0.493 e. The molecule has 0 radical (unpaired) electrons. The minimum atomic E-state index is -0.433. The third-order valence-electron chi connectivity index (χ3n) is 8.97. The molecule has 0 aliphatic carbocycles. The summed E-state index contributed by atoms with van der Waals surface area (Å²) >= 11 is 0. The lowest BCUT2D eigenvalue weighted by molar-refractivity contribution is -0.136. The lowest BCUT2D eigenvalue weighted by Gasteiger charge is -2.47. The van der Waals surface area contributed by atoms with Gasteiger partial charge in [0.25, 0.3) is 5.91 Å². The van der Waals surface area contributed by atoms with Gasteiger partial charge in [-0.15, -0.1) is 0 Å². The van der Waals surface area contributed by atoms with Crippen LogP contribution in [-0.4, -0.2) is 79.5 Å². The lowest BCUT2D eigenvalue weighted by Crippen LogP contribution is -2.53. The monoisotopic (exact) mass is 503 g/mol. The SMILES string of the molecule is COc1cc2c(cc1OC)[C@H]1[C@@H](C(=O)N3CCC(N4CCCCC4)CC3)c3ccccc3C(=O)N1CC2. The molecule has 0 N–H and O–H groups in total. The van der Waals surface area contributed by atoms with Crippen LogP contribution in [0.3, 0.4) is 0 Å². The van der Waals surface area contributed by atoms with E-state index in [9.17, 15) is 9.59 Å². The average Bonchev–Trinajstić information content (AvgIpc) is 2.96. The third kappa shape index (κ3) is 4.17. The molecule has 2 saturated heterocycles. The van der Waals surface area contributed by atoms with E-state index in [1.165, 1.54) is 32.4 Å². The van der Waals surface area contributed by atoms with Crippen LogP contribution >= 0.6 is 0 Å². The van der Waals surface area contributed by atoms with Gasteiger partial charge in [0.2, 0.25) is 5.91 Å². The molecule has 7 heteroatoms. The molecule has 0 aromatic heterocycles. The standard InChI is InChI=1S/C30H37N3O4/c1-36-25-18-20-10-17-33-28(24(20)19-26(25)37-2)27(22-8-4-5-9-23(22)29(33)34)30(35)32-15-11-21(12-16-32)31-13-6-3-7-14-31/h4-5,8-9,18-19,21,27-28H,3,6-7,10-17H2,1-2H3/t27-,28-/m0/s1. The van der Waals surface area contributed by atoms with Crippen molar-refractivity contribution in [2.75, 3.05) is 46.9 Å². The summed E-state index contributed by atoms with van der Waals surface area (Å²) in [7, 11) is 3.26. The summed E-state index contributed by atoms with van der Waals surface area (Å²) in [5.74, 6) is 1.02. The van der Waals surface area contributed by atoms with Crippen LogP contribution in [0.5, 0.6) is 11.5 Å². The van der Waals surface area contributed by atoms with Gasteiger partial charge in [0, 0.05) is 31.2 Å². The van der Waals surface area contributed by atoms with Crippen molar-refractivity contribution in [3.8, 4) is 11.5 Å². The molecule has 6 rings (SSSR count). The van der Waals surface area contributed by atoms with E-state index in [0.29, 0.717) is 29.6 Å². The van der Waals surface area contributed by atoms with Crippen LogP contribution in [-0.2, 0) is 11.2 Å². The molecule has 196 valence electrons. The molecular formula is C30H37N3O4. The number of methoxy groups -OCH3 is 2. The van der Waals surface area contributed by atoms with Crippen molar-refractivity contribution in [3.05, 3.63) is 58.7 Å². The summed E-state index contributed by atoms with van der Waals surface area (Å²) in [4.78, 5) is 34.6. The summed E-state index contributed by atoms with van der Waals surface area (Å²) in [6.45, 7) is 4.52. The van der Waals surface area contributed by atoms with E-state index in [0.717, 1.165) is 49.0 Å². The highest BCUT2D eigenvalue weighted by Gasteiger charge is 2.48. The second-order valence-corrected chi connectivity index (χ2v) is 10.8. The zero-order valence-electron chi connectivity index (χ0n) is 21.9. The van der Waals surface area contributed by atoms with E-state index in [1.54, 1.807) is 14.2 Å². The fourth-order valence-electron chi connectivity index (χ4n) is 7.05. The Bertz CT molecular complexity index is 1180. The molecule has 2 aromatic carbocycles. The Hall–Kier alpha value is -3.06. The molecule has 0 bridgehead atoms. The number of benzene rings is 2. The number of nitrogens with zero attached hydrogens (tertiary/aromatic N) is 3. The van der Waals surface area contributed by atoms with Crippen molar-refractivity contribution in [1.29, 1.82) is 0 Å². The Balaban J connectivity index is 1.35. The van der Waals surface area contributed by atoms with Crippen molar-refractivity contribution >= 4 is 11.8 Å². The highest BCUT2D eigenvalue weighted by Crippen LogP contribution is 2.49. The summed E-state index contributed by atoms with van der Waals surface area (Å²) in [5, 5.41) is 0. The van der Waals surface area contributed by atoms with Crippen molar-refractivity contribution in [1.82, 2.24) is 14.7 Å². The maximum atomic E-state index is 14.4. The Labute approximate surface area is 219 Å². The number of rotatable bonds is 4. The average molecular weight is 504 g/mol. The Kier molecular flexibility index (Phi) is 6.57. The molecule has 4 aliphatic heterocycles. The van der Waals surface area contributed by atoms with E-state index in [2.05, 4.69) is 9.80 Å². The first-order chi connectivity index (χ1) is 18.1. The van der Waals surface area contributed by atoms with Crippen LogP contribution in [0.2, 0.25) is 0 Å². The van der Waals surface area contributed by atoms with Gasteiger partial charge in [-0.05, 0) is 80.1 Å². The molecule has 2 amide bonds. The van der Waals surface area contributed by atoms with Gasteiger partial charge in [-0.1, -0.05) is 24.6 Å². The first-order valence-corrected chi connectivity index (χ1v) is 13.8. The summed E-state index contributed by atoms with van der Waals surface area (Å²) in [5.41, 5.74) is 3.62. The zero-order valence-corrected chi connectivity index (χ0v) is 21.9. The van der Waals surface area contributed by atoms with Crippen molar-refractivity contribution in [2.45, 2.75) is 56.5 Å². The van der Waals surface area contributed by atoms with Crippen LogP contribution in [0.4, 0.5) is 0 Å². The number of hydrogen-bond acceptors (Lipinski definition) is 5. The first-order valence-electron chi connectivity index (χ1n) is 13.8. The van der Waals surface area contributed by atoms with Crippen LogP contribution in [0.15, 0.2) is 36.4 Å². The number of likely N-dealkylation sites (tertiary alicyclic amines) is 2. The molecule has 7 nitrogen and oxygen atoms in total. The predicted molar refractivity (Wildman–Crippen MR) is 141 cm³/mol. The molecule has 0 spiro atoms. The van der Waals surface area contributed by atoms with Gasteiger partial charge < -0.3 is 24.2 Å². The van der Waals surface area contributed by atoms with Gasteiger partial charge >= 0.3 is 0 Å². The number of fused-ring (bicyclic) bond motifs is 4. The second-order valence-electron chi connectivity index (χ2n) is 10.8. The summed E-state index contributed by atoms with van der Waals surface area (Å²) < 4.78 is 11.2. The third-order valence-corrected chi connectivity index (χ3v) is 8.97. The molecular weight excluding hydrogens is 466 g/mol. The van der Waals surface area contributed by atoms with Crippen LogP contribution < -0.4 is 9.47 Å². The number of carbonyl (C=O) groups is 2. The number of carbonyl (C=O) groups excluding carboxylic acids is 2. The predicted octanol–water partition coefficient (Wildman–Crippen LogP) is 4.02. The van der Waals surface area contributed by atoms with Crippen molar-refractivity contribution in [3.63, 3.8) is 0 Å². The van der Waals surface area contributed by atoms with E-state index < -0.39 is 5.92 Å². The van der Waals surface area contributed by atoms with Crippen LogP contribution in [0.25, 0.3) is 0 Å². The Morgan fingerprint density at radius 2 is 1.57 bits per heavy atom. The Morgan fingerprint density at radius 3 is 2.30 bits per heavy atom. The van der Waals surface area contributed by atoms with Gasteiger partial charge in [0.1, 0.15) is 0 Å². The van der Waals surface area contributed by atoms with Gasteiger partial charge in [-0.3, -0.25) is 9.59 Å². The molecule has 0 unspecified atom stereocenters. The van der Waals surface area contributed by atoms with E-state index in [-0.39, 0.29) is 17.9 Å². The zero-order chi connectivity index (χ0) is 25.5. The topological polar surface area (TPSA) is 62.3 Å². The van der Waals surface area contributed by atoms with Gasteiger partial charge in [0.05, 0.1) is 26.2 Å². The smallest absolute Gasteiger partial charge is 0.254 e. The molecule has 2 aromatic rings. The van der Waals surface area contributed by atoms with Gasteiger partial charge in [-0.2, -0.15) is 0 Å². The number of piperidine rings is 2. The minimum absolute atomic E-state index is 0.00823. The van der Waals surface area contributed by atoms with Crippen molar-refractivity contribution in [2.24, 2.45) is 0 Å². The quantitative estimate of drug-likeness (QED) is 0.631. The van der Waals surface area contributed by atoms with E-state index in [1.807, 2.05) is 41.3 Å². The molecule has 0 saturated carbocycles. The van der Waals surface area contributed by atoms with Crippen LogP contribution in [0.1, 0.15) is 71.1 Å². The fraction of sp³-hybridized carbons (Fsp3) is 0.533. The fourth-order valence-corrected chi connectivity index (χ4v) is 7.05. The lowest BCUT2D eigenvalue weighted by atomic mass is 9.75. The molecule has 4 aliphatic rings. The highest BCUT2D eigenvalue weighted by molar-refractivity contribution is 6.01. The Morgan fingerprint density at radius 1 is 0.865 bits per heavy atom. The summed E-state index contributed by atoms with van der Waals surface area (Å²) in [6.07, 6.45) is 6.68. The highest BCUT2D eigenvalue weighted by atomic mass is 16.5. The van der Waals surface area contributed by atoms with E-state index in [4.69, 9.17) is 9.47 Å². The molecule has 2 fully saturated rings. The van der Waals surface area contributed by atoms with E-state index >= 15 is 0 Å². The maximum Gasteiger partial charge on any atom is 0.254 e. The number of amides is 2. The van der Waals surface area contributed by atoms with Gasteiger partial charge in [-0.25, -0.2) is 0 Å². The first kappa shape index (κ1) is 24.3. The minimum Gasteiger partial charge on any atom is -0.493 e. The van der Waals surface area contributed by atoms with Crippen LogP contribution in [0, 0.1) is 0 Å². The van der Waals surface area contributed by atoms with Crippen molar-refractivity contribution < 1.29 is 19.1 Å². The molecule has 4 heterocycles.